The van der Waals surface area contributed by atoms with Crippen molar-refractivity contribution in [2.75, 3.05) is 20.3 Å². The van der Waals surface area contributed by atoms with Gasteiger partial charge in [-0.25, -0.2) is 9.78 Å². The maximum atomic E-state index is 12.0. The zero-order valence-corrected chi connectivity index (χ0v) is 11.4. The number of aromatic nitrogens is 1. The Morgan fingerprint density at radius 3 is 2.64 bits per heavy atom. The van der Waals surface area contributed by atoms with Crippen LogP contribution in [0.4, 0.5) is 13.2 Å². The van der Waals surface area contributed by atoms with Gasteiger partial charge in [-0.1, -0.05) is 6.07 Å². The van der Waals surface area contributed by atoms with E-state index in [1.54, 1.807) is 0 Å². The molecule has 22 heavy (non-hydrogen) atoms. The summed E-state index contributed by atoms with van der Waals surface area (Å²) in [5.41, 5.74) is -0.208. The Kier molecular flexibility index (Phi) is 6.11. The third-order valence-corrected chi connectivity index (χ3v) is 2.35. The van der Waals surface area contributed by atoms with E-state index in [2.05, 4.69) is 19.8 Å². The molecule has 7 nitrogen and oxygen atoms in total. The Morgan fingerprint density at radius 1 is 1.41 bits per heavy atom. The van der Waals surface area contributed by atoms with E-state index in [0.717, 1.165) is 13.2 Å². The van der Waals surface area contributed by atoms with Gasteiger partial charge < -0.3 is 19.9 Å². The van der Waals surface area contributed by atoms with Crippen LogP contribution in [0, 0.1) is 0 Å². The van der Waals surface area contributed by atoms with E-state index in [1.165, 1.54) is 12.1 Å². The lowest BCUT2D eigenvalue weighted by molar-refractivity contribution is -0.154. The number of hydrogen-bond acceptors (Lipinski definition) is 5. The van der Waals surface area contributed by atoms with Crippen LogP contribution < -0.4 is 10.1 Å². The molecular formula is C12H13F3N2O5. The number of carboxylic acids is 1. The van der Waals surface area contributed by atoms with Crippen LogP contribution >= 0.6 is 0 Å². The maximum absolute atomic E-state index is 12.0. The number of nitrogens with one attached hydrogen (secondary N) is 1. The van der Waals surface area contributed by atoms with Gasteiger partial charge in [0, 0.05) is 13.2 Å². The molecule has 0 aliphatic heterocycles. The van der Waals surface area contributed by atoms with Gasteiger partial charge in [0.05, 0.1) is 6.54 Å². The summed E-state index contributed by atoms with van der Waals surface area (Å²) >= 11 is 0. The first-order chi connectivity index (χ1) is 10.2. The van der Waals surface area contributed by atoms with Crippen LogP contribution in [-0.2, 0) is 9.53 Å². The minimum Gasteiger partial charge on any atom is -0.479 e. The van der Waals surface area contributed by atoms with Crippen molar-refractivity contribution in [1.82, 2.24) is 10.3 Å². The van der Waals surface area contributed by atoms with Crippen LogP contribution in [0.25, 0.3) is 0 Å². The number of aliphatic carboxylic acids is 1. The number of amides is 1. The van der Waals surface area contributed by atoms with Crippen LogP contribution in [0.5, 0.6) is 5.88 Å². The molecule has 10 heteroatoms. The van der Waals surface area contributed by atoms with E-state index in [0.29, 0.717) is 0 Å². The molecule has 1 heterocycles. The SMILES string of the molecule is COC(CNC(=O)c1cccc(OCC(F)(F)F)n1)C(=O)O. The number of rotatable bonds is 7. The zero-order valence-electron chi connectivity index (χ0n) is 11.4. The molecule has 0 radical (unpaired) electrons. The number of nitrogens with zero attached hydrogens (tertiary/aromatic N) is 1. The summed E-state index contributed by atoms with van der Waals surface area (Å²) < 4.78 is 45.1. The number of alkyl halides is 3. The molecule has 0 fully saturated rings. The summed E-state index contributed by atoms with van der Waals surface area (Å²) in [6.07, 6.45) is -5.76. The quantitative estimate of drug-likeness (QED) is 0.772. The topological polar surface area (TPSA) is 97.8 Å². The van der Waals surface area contributed by atoms with Crippen LogP contribution in [0.15, 0.2) is 18.2 Å². The highest BCUT2D eigenvalue weighted by atomic mass is 19.4. The lowest BCUT2D eigenvalue weighted by atomic mass is 10.3. The van der Waals surface area contributed by atoms with Crippen molar-refractivity contribution in [3.8, 4) is 5.88 Å². The van der Waals surface area contributed by atoms with E-state index in [4.69, 9.17) is 5.11 Å². The number of methoxy groups -OCH3 is 1. The minimum atomic E-state index is -4.52. The number of carbonyl (C=O) groups excluding carboxylic acids is 1. The summed E-state index contributed by atoms with van der Waals surface area (Å²) in [5.74, 6) is -2.40. The Hall–Kier alpha value is -2.36. The zero-order chi connectivity index (χ0) is 16.8. The van der Waals surface area contributed by atoms with Crippen LogP contribution in [0.1, 0.15) is 10.5 Å². The van der Waals surface area contributed by atoms with Crippen molar-refractivity contribution in [2.24, 2.45) is 0 Å². The van der Waals surface area contributed by atoms with Gasteiger partial charge in [0.25, 0.3) is 5.91 Å². The Morgan fingerprint density at radius 2 is 2.09 bits per heavy atom. The van der Waals surface area contributed by atoms with Crippen molar-refractivity contribution in [3.05, 3.63) is 23.9 Å². The van der Waals surface area contributed by atoms with E-state index >= 15 is 0 Å². The van der Waals surface area contributed by atoms with E-state index < -0.39 is 30.8 Å². The molecule has 0 bridgehead atoms. The number of carboxylic acid groups (broad SMARTS) is 1. The molecule has 0 aliphatic rings. The second kappa shape index (κ2) is 7.59. The monoisotopic (exact) mass is 322 g/mol. The summed E-state index contributed by atoms with van der Waals surface area (Å²) in [7, 11) is 1.16. The van der Waals surface area contributed by atoms with Crippen molar-refractivity contribution in [3.63, 3.8) is 0 Å². The fourth-order valence-corrected chi connectivity index (χ4v) is 1.32. The van der Waals surface area contributed by atoms with E-state index in [-0.39, 0.29) is 18.1 Å². The largest absolute Gasteiger partial charge is 0.479 e. The molecule has 1 aromatic rings. The molecule has 0 aromatic carbocycles. The van der Waals surface area contributed by atoms with Crippen molar-refractivity contribution in [2.45, 2.75) is 12.3 Å². The van der Waals surface area contributed by atoms with Crippen molar-refractivity contribution >= 4 is 11.9 Å². The third kappa shape index (κ3) is 5.95. The average molecular weight is 322 g/mol. The molecule has 1 atom stereocenters. The standard InChI is InChI=1S/C12H13F3N2O5/c1-21-8(11(19)20)5-16-10(18)7-3-2-4-9(17-7)22-6-12(13,14)15/h2-4,8H,5-6H2,1H3,(H,16,18)(H,19,20). The van der Waals surface area contributed by atoms with Gasteiger partial charge in [-0.15, -0.1) is 0 Å². The van der Waals surface area contributed by atoms with Gasteiger partial charge in [0.1, 0.15) is 5.69 Å². The van der Waals surface area contributed by atoms with Gasteiger partial charge in [-0.2, -0.15) is 13.2 Å². The first-order valence-electron chi connectivity index (χ1n) is 5.93. The highest BCUT2D eigenvalue weighted by Gasteiger charge is 2.28. The molecule has 0 saturated carbocycles. The first-order valence-corrected chi connectivity index (χ1v) is 5.93. The number of hydrogen-bond donors (Lipinski definition) is 2. The fourth-order valence-electron chi connectivity index (χ4n) is 1.32. The van der Waals surface area contributed by atoms with Crippen LogP contribution in [0.2, 0.25) is 0 Å². The third-order valence-electron chi connectivity index (χ3n) is 2.35. The summed E-state index contributed by atoms with van der Waals surface area (Å²) in [6.45, 7) is -1.85. The lowest BCUT2D eigenvalue weighted by Crippen LogP contribution is -2.38. The number of carbonyl (C=O) groups is 2. The summed E-state index contributed by atoms with van der Waals surface area (Å²) in [5, 5.41) is 11.0. The lowest BCUT2D eigenvalue weighted by Gasteiger charge is -2.12. The molecule has 0 aliphatic carbocycles. The van der Waals surface area contributed by atoms with Crippen molar-refractivity contribution in [1.29, 1.82) is 0 Å². The van der Waals surface area contributed by atoms with Gasteiger partial charge in [-0.3, -0.25) is 4.79 Å². The summed E-state index contributed by atoms with van der Waals surface area (Å²) in [4.78, 5) is 26.0. The molecule has 2 N–H and O–H groups in total. The second-order valence-electron chi connectivity index (χ2n) is 4.04. The first kappa shape index (κ1) is 17.7. The minimum absolute atomic E-state index is 0.208. The molecule has 0 saturated heterocycles. The predicted octanol–water partition coefficient (Wildman–Crippen LogP) is 0.852. The smallest absolute Gasteiger partial charge is 0.422 e. The van der Waals surface area contributed by atoms with Crippen molar-refractivity contribution < 1.29 is 37.3 Å². The van der Waals surface area contributed by atoms with Gasteiger partial charge in [-0.05, 0) is 6.07 Å². The van der Waals surface area contributed by atoms with Crippen LogP contribution in [-0.4, -0.2) is 54.5 Å². The molecule has 122 valence electrons. The Balaban J connectivity index is 2.64. The molecule has 1 amide bonds. The second-order valence-corrected chi connectivity index (χ2v) is 4.04. The molecule has 0 spiro atoms. The van der Waals surface area contributed by atoms with Gasteiger partial charge >= 0.3 is 12.1 Å². The Bertz CT molecular complexity index is 536. The van der Waals surface area contributed by atoms with E-state index in [9.17, 15) is 22.8 Å². The maximum Gasteiger partial charge on any atom is 0.422 e. The Labute approximate surface area is 123 Å². The normalized spacial score (nSPS) is 12.5. The van der Waals surface area contributed by atoms with Crippen LogP contribution in [0.3, 0.4) is 0 Å². The number of pyridine rings is 1. The molecule has 1 aromatic heterocycles. The summed E-state index contributed by atoms with van der Waals surface area (Å²) in [6, 6.07) is 3.70. The van der Waals surface area contributed by atoms with Gasteiger partial charge in [0.15, 0.2) is 12.7 Å². The number of halogens is 3. The average Bonchev–Trinajstić information content (AvgIpc) is 2.45. The molecule has 1 rings (SSSR count). The van der Waals surface area contributed by atoms with E-state index in [1.807, 2.05) is 0 Å². The molecular weight excluding hydrogens is 309 g/mol. The van der Waals surface area contributed by atoms with Gasteiger partial charge in [0.2, 0.25) is 5.88 Å². The molecule has 1 unspecified atom stereocenters. The number of ether oxygens (including phenoxy) is 2. The fraction of sp³-hybridized carbons (Fsp3) is 0.417. The highest BCUT2D eigenvalue weighted by molar-refractivity contribution is 5.92. The predicted molar refractivity (Wildman–Crippen MR) is 66.6 cm³/mol. The highest BCUT2D eigenvalue weighted by Crippen LogP contribution is 2.17.